The average molecular weight is 536 g/mol. The molecule has 0 aliphatic rings. The van der Waals surface area contributed by atoms with Crippen LogP contribution in [-0.2, 0) is 11.3 Å². The Morgan fingerprint density at radius 1 is 0.912 bits per heavy atom. The quantitative estimate of drug-likeness (QED) is 0.196. The molecule has 1 aromatic heterocycles. The molecule has 0 aliphatic carbocycles. The zero-order valence-corrected chi connectivity index (χ0v) is 20.9. The fourth-order valence-electron chi connectivity index (χ4n) is 3.58. The maximum absolute atomic E-state index is 13.3. The molecule has 174 valence electrons. The van der Waals surface area contributed by atoms with Gasteiger partial charge in [-0.3, -0.25) is 9.59 Å². The largest absolute Gasteiger partial charge is 0.494 e. The van der Waals surface area contributed by atoms with Crippen LogP contribution in [-0.4, -0.2) is 22.9 Å². The Bertz CT molecular complexity index is 1400. The maximum Gasteiger partial charge on any atom is 0.296 e. The molecule has 3 aromatic carbocycles. The number of anilines is 1. The molecule has 0 bridgehead atoms. The first-order valence-corrected chi connectivity index (χ1v) is 11.8. The molecular weight excluding hydrogens is 518 g/mol. The molecule has 0 spiro atoms. The second kappa shape index (κ2) is 10.3. The Morgan fingerprint density at radius 3 is 2.29 bits per heavy atom. The lowest BCUT2D eigenvalue weighted by molar-refractivity contribution is -0.112. The number of ether oxygens (including phenoxy) is 1. The van der Waals surface area contributed by atoms with Crippen molar-refractivity contribution in [2.45, 2.75) is 13.5 Å². The Balaban J connectivity index is 1.78. The van der Waals surface area contributed by atoms with Crippen LogP contribution in [0.4, 0.5) is 5.69 Å². The number of amides is 1. The summed E-state index contributed by atoms with van der Waals surface area (Å²) in [6.07, 6.45) is 0. The first kappa shape index (κ1) is 24.4. The molecule has 4 rings (SSSR count). The third kappa shape index (κ3) is 5.03. The number of carbonyl (C=O) groups is 2. The summed E-state index contributed by atoms with van der Waals surface area (Å²) >= 11 is 25.0. The van der Waals surface area contributed by atoms with Gasteiger partial charge in [0.2, 0.25) is 0 Å². The first-order valence-electron chi connectivity index (χ1n) is 10.3. The van der Waals surface area contributed by atoms with E-state index >= 15 is 0 Å². The van der Waals surface area contributed by atoms with Crippen molar-refractivity contribution in [3.63, 3.8) is 0 Å². The fourth-order valence-corrected chi connectivity index (χ4v) is 4.52. The highest BCUT2D eigenvalue weighted by Gasteiger charge is 2.27. The molecule has 0 radical (unpaired) electrons. The van der Waals surface area contributed by atoms with Crippen LogP contribution >= 0.6 is 46.4 Å². The molecule has 9 heteroatoms. The number of aromatic nitrogens is 1. The summed E-state index contributed by atoms with van der Waals surface area (Å²) in [6.45, 7) is 2.57. The van der Waals surface area contributed by atoms with Gasteiger partial charge in [-0.15, -0.1) is 0 Å². The van der Waals surface area contributed by atoms with E-state index in [0.717, 1.165) is 5.56 Å². The zero-order chi connectivity index (χ0) is 24.4. The molecule has 1 amide bonds. The SMILES string of the molecule is CCOc1ccc2c(c1)c(C(=O)C(=O)Nc1ccc(Cl)cc1)c(Cl)n2Cc1ccc(Cl)cc1Cl. The topological polar surface area (TPSA) is 60.3 Å². The second-order valence-electron chi connectivity index (χ2n) is 7.39. The molecule has 0 unspecified atom stereocenters. The molecule has 5 nitrogen and oxygen atoms in total. The predicted molar refractivity (Wildman–Crippen MR) is 138 cm³/mol. The van der Waals surface area contributed by atoms with Gasteiger partial charge in [-0.1, -0.05) is 52.5 Å². The van der Waals surface area contributed by atoms with Crippen LogP contribution in [0.5, 0.6) is 5.75 Å². The summed E-state index contributed by atoms with van der Waals surface area (Å²) in [6, 6.07) is 16.9. The van der Waals surface area contributed by atoms with E-state index in [1.807, 2.05) is 6.92 Å². The number of benzene rings is 3. The highest BCUT2D eigenvalue weighted by atomic mass is 35.5. The minimum Gasteiger partial charge on any atom is -0.494 e. The lowest BCUT2D eigenvalue weighted by Gasteiger charge is -2.10. The molecule has 1 N–H and O–H groups in total. The lowest BCUT2D eigenvalue weighted by atomic mass is 10.1. The van der Waals surface area contributed by atoms with E-state index in [9.17, 15) is 9.59 Å². The van der Waals surface area contributed by atoms with E-state index in [2.05, 4.69) is 5.32 Å². The van der Waals surface area contributed by atoms with Crippen LogP contribution in [0, 0.1) is 0 Å². The highest BCUT2D eigenvalue weighted by Crippen LogP contribution is 2.35. The van der Waals surface area contributed by atoms with E-state index in [1.54, 1.807) is 65.2 Å². The number of fused-ring (bicyclic) bond motifs is 1. The van der Waals surface area contributed by atoms with Crippen LogP contribution in [0.2, 0.25) is 20.2 Å². The summed E-state index contributed by atoms with van der Waals surface area (Å²) in [5.74, 6) is -1.05. The third-order valence-electron chi connectivity index (χ3n) is 5.16. The van der Waals surface area contributed by atoms with Crippen molar-refractivity contribution in [3.8, 4) is 5.75 Å². The summed E-state index contributed by atoms with van der Waals surface area (Å²) in [4.78, 5) is 26.1. The van der Waals surface area contributed by atoms with Gasteiger partial charge >= 0.3 is 0 Å². The molecule has 0 atom stereocenters. The number of nitrogens with one attached hydrogen (secondary N) is 1. The number of nitrogens with zero attached hydrogens (tertiary/aromatic N) is 1. The van der Waals surface area contributed by atoms with E-state index in [0.29, 0.717) is 44.0 Å². The number of rotatable bonds is 7. The summed E-state index contributed by atoms with van der Waals surface area (Å²) in [5.41, 5.74) is 1.92. The standard InChI is InChI=1S/C25H18Cl4N2O3/c1-2-34-18-9-10-21-19(12-18)22(23(32)25(33)30-17-7-5-15(26)6-8-17)24(29)31(21)13-14-3-4-16(27)11-20(14)28/h3-12H,2,13H2,1H3,(H,30,33). The normalized spacial score (nSPS) is 11.0. The van der Waals surface area contributed by atoms with Crippen molar-refractivity contribution in [1.29, 1.82) is 0 Å². The molecular formula is C25H18Cl4N2O3. The molecule has 34 heavy (non-hydrogen) atoms. The van der Waals surface area contributed by atoms with Crippen LogP contribution in [0.3, 0.4) is 0 Å². The number of carbonyl (C=O) groups excluding carboxylic acids is 2. The van der Waals surface area contributed by atoms with Gasteiger partial charge in [0.1, 0.15) is 10.9 Å². The van der Waals surface area contributed by atoms with Crippen molar-refractivity contribution < 1.29 is 14.3 Å². The van der Waals surface area contributed by atoms with Gasteiger partial charge in [0.05, 0.1) is 24.2 Å². The minimum absolute atomic E-state index is 0.0785. The smallest absolute Gasteiger partial charge is 0.296 e. The van der Waals surface area contributed by atoms with Crippen molar-refractivity contribution >= 4 is 74.7 Å². The third-order valence-corrected chi connectivity index (χ3v) is 6.39. The maximum atomic E-state index is 13.3. The molecule has 4 aromatic rings. The van der Waals surface area contributed by atoms with Crippen molar-refractivity contribution in [3.05, 3.63) is 92.0 Å². The second-order valence-corrected chi connectivity index (χ2v) is 9.03. The van der Waals surface area contributed by atoms with Crippen LogP contribution in [0.15, 0.2) is 60.7 Å². The zero-order valence-electron chi connectivity index (χ0n) is 17.9. The Kier molecular flexibility index (Phi) is 7.39. The monoisotopic (exact) mass is 534 g/mol. The van der Waals surface area contributed by atoms with E-state index in [4.69, 9.17) is 51.1 Å². The first-order chi connectivity index (χ1) is 16.3. The molecule has 0 aliphatic heterocycles. The van der Waals surface area contributed by atoms with Crippen molar-refractivity contribution in [2.75, 3.05) is 11.9 Å². The van der Waals surface area contributed by atoms with Crippen molar-refractivity contribution in [2.24, 2.45) is 0 Å². The molecule has 0 saturated carbocycles. The Hall–Kier alpha value is -2.70. The predicted octanol–water partition coefficient (Wildman–Crippen LogP) is 7.52. The van der Waals surface area contributed by atoms with Gasteiger partial charge in [0.25, 0.3) is 11.7 Å². The minimum atomic E-state index is -0.824. The average Bonchev–Trinajstić information content (AvgIpc) is 3.07. The number of ketones is 1. The number of Topliss-reactive ketones (excluding diaryl/α,β-unsaturated/α-hetero) is 1. The number of hydrogen-bond acceptors (Lipinski definition) is 3. The van der Waals surface area contributed by atoms with Gasteiger partial charge in [-0.05, 0) is 67.1 Å². The van der Waals surface area contributed by atoms with Crippen LogP contribution in [0.25, 0.3) is 10.9 Å². The highest BCUT2D eigenvalue weighted by molar-refractivity contribution is 6.52. The van der Waals surface area contributed by atoms with Crippen molar-refractivity contribution in [1.82, 2.24) is 4.57 Å². The Labute approximate surface area is 216 Å². The van der Waals surface area contributed by atoms with Gasteiger partial charge in [0.15, 0.2) is 0 Å². The van der Waals surface area contributed by atoms with Crippen LogP contribution in [0.1, 0.15) is 22.8 Å². The summed E-state index contributed by atoms with van der Waals surface area (Å²) < 4.78 is 7.33. The van der Waals surface area contributed by atoms with E-state index in [-0.39, 0.29) is 17.3 Å². The lowest BCUT2D eigenvalue weighted by Crippen LogP contribution is -2.23. The summed E-state index contributed by atoms with van der Waals surface area (Å²) in [5, 5.41) is 4.69. The van der Waals surface area contributed by atoms with Crippen LogP contribution < -0.4 is 10.1 Å². The number of halogens is 4. The van der Waals surface area contributed by atoms with E-state index < -0.39 is 11.7 Å². The van der Waals surface area contributed by atoms with Gasteiger partial charge in [-0.2, -0.15) is 0 Å². The molecule has 0 saturated heterocycles. The van der Waals surface area contributed by atoms with Gasteiger partial charge < -0.3 is 14.6 Å². The molecule has 0 fully saturated rings. The number of hydrogen-bond donors (Lipinski definition) is 1. The molecule has 1 heterocycles. The van der Waals surface area contributed by atoms with Gasteiger partial charge in [-0.25, -0.2) is 0 Å². The summed E-state index contributed by atoms with van der Waals surface area (Å²) in [7, 11) is 0. The fraction of sp³-hybridized carbons (Fsp3) is 0.120. The van der Waals surface area contributed by atoms with E-state index in [1.165, 1.54) is 0 Å². The van der Waals surface area contributed by atoms with Gasteiger partial charge in [0, 0.05) is 26.1 Å². The Morgan fingerprint density at radius 2 is 1.62 bits per heavy atom.